The van der Waals surface area contributed by atoms with Crippen LogP contribution >= 0.6 is 11.6 Å². The summed E-state index contributed by atoms with van der Waals surface area (Å²) < 4.78 is 20.3. The van der Waals surface area contributed by atoms with Crippen molar-refractivity contribution in [3.05, 3.63) is 94.3 Å². The number of benzene rings is 3. The van der Waals surface area contributed by atoms with Crippen molar-refractivity contribution in [2.75, 3.05) is 12.0 Å². The van der Waals surface area contributed by atoms with Gasteiger partial charge in [0.2, 0.25) is 5.95 Å². The number of nitrogens with zero attached hydrogens (tertiary/aromatic N) is 2. The summed E-state index contributed by atoms with van der Waals surface area (Å²) in [6.07, 6.45) is 0. The average molecular weight is 478 g/mol. The molecular formula is C25H17ClFN3O4. The van der Waals surface area contributed by atoms with Crippen LogP contribution in [0.15, 0.2) is 72.3 Å². The maximum absolute atomic E-state index is 15.0. The molecule has 1 atom stereocenters. The van der Waals surface area contributed by atoms with Crippen LogP contribution in [0.3, 0.4) is 0 Å². The van der Waals surface area contributed by atoms with E-state index < -0.39 is 29.3 Å². The summed E-state index contributed by atoms with van der Waals surface area (Å²) in [6.45, 7) is 0. The number of Topliss-reactive ketones (excluding diaryl/α,β-unsaturated/α-hetero) is 1. The van der Waals surface area contributed by atoms with E-state index in [9.17, 15) is 14.7 Å². The smallest absolute Gasteiger partial charge is 0.302 e. The molecule has 0 bridgehead atoms. The first kappa shape index (κ1) is 21.7. The number of H-pyrrole nitrogens is 1. The Morgan fingerprint density at radius 2 is 1.85 bits per heavy atom. The summed E-state index contributed by atoms with van der Waals surface area (Å²) in [5.41, 5.74) is 0.992. The lowest BCUT2D eigenvalue weighted by atomic mass is 9.94. The molecule has 1 unspecified atom stereocenters. The molecule has 0 saturated carbocycles. The molecule has 0 aliphatic carbocycles. The molecule has 4 aromatic rings. The molecule has 0 spiro atoms. The molecule has 170 valence electrons. The summed E-state index contributed by atoms with van der Waals surface area (Å²) >= 11 is 6.11. The number of carbonyl (C=O) groups excluding carboxylic acids is 2. The van der Waals surface area contributed by atoms with Gasteiger partial charge < -0.3 is 14.8 Å². The zero-order chi connectivity index (χ0) is 24.0. The van der Waals surface area contributed by atoms with Gasteiger partial charge in [0.1, 0.15) is 23.4 Å². The number of imidazole rings is 1. The molecule has 7 nitrogen and oxygen atoms in total. The molecule has 1 saturated heterocycles. The quantitative estimate of drug-likeness (QED) is 0.245. The third kappa shape index (κ3) is 3.39. The highest BCUT2D eigenvalue weighted by molar-refractivity contribution is 6.51. The maximum Gasteiger partial charge on any atom is 0.302 e. The van der Waals surface area contributed by atoms with Crippen LogP contribution < -0.4 is 9.64 Å². The topological polar surface area (TPSA) is 95.5 Å². The van der Waals surface area contributed by atoms with Crippen molar-refractivity contribution < 1.29 is 23.8 Å². The first-order chi connectivity index (χ1) is 16.4. The Labute approximate surface area is 198 Å². The summed E-state index contributed by atoms with van der Waals surface area (Å²) in [7, 11) is 1.39. The molecule has 1 aromatic heterocycles. The van der Waals surface area contributed by atoms with Crippen molar-refractivity contribution in [1.82, 2.24) is 9.97 Å². The van der Waals surface area contributed by atoms with Gasteiger partial charge in [0, 0.05) is 10.6 Å². The fourth-order valence-corrected chi connectivity index (χ4v) is 4.28. The minimum absolute atomic E-state index is 0.0182. The number of amides is 1. The van der Waals surface area contributed by atoms with Gasteiger partial charge in [-0.1, -0.05) is 41.9 Å². The Bertz CT molecular complexity index is 1460. The summed E-state index contributed by atoms with van der Waals surface area (Å²) in [4.78, 5) is 35.0. The molecule has 1 aliphatic heterocycles. The SMILES string of the molecule is COc1ccc(Cl)cc1/C(O)=C1\C(=O)C(=O)N(c2nc3ccccc3[nH]2)C1c1ccccc1F. The van der Waals surface area contributed by atoms with Crippen LogP contribution in [0.1, 0.15) is 17.2 Å². The number of aromatic nitrogens is 2. The van der Waals surface area contributed by atoms with Gasteiger partial charge in [-0.2, -0.15) is 0 Å². The van der Waals surface area contributed by atoms with Gasteiger partial charge in [0.25, 0.3) is 5.78 Å². The largest absolute Gasteiger partial charge is 0.507 e. The predicted octanol–water partition coefficient (Wildman–Crippen LogP) is 4.99. The second-order valence-electron chi connectivity index (χ2n) is 7.61. The second kappa shape index (κ2) is 8.31. The predicted molar refractivity (Wildman–Crippen MR) is 125 cm³/mol. The molecule has 9 heteroatoms. The van der Waals surface area contributed by atoms with Crippen molar-refractivity contribution in [2.45, 2.75) is 6.04 Å². The van der Waals surface area contributed by atoms with Crippen LogP contribution in [0.2, 0.25) is 5.02 Å². The number of para-hydroxylation sites is 2. The summed E-state index contributed by atoms with van der Waals surface area (Å²) in [5, 5.41) is 11.5. The Hall–Kier alpha value is -4.17. The molecule has 0 radical (unpaired) electrons. The van der Waals surface area contributed by atoms with Crippen molar-refractivity contribution in [3.63, 3.8) is 0 Å². The molecule has 3 aromatic carbocycles. The van der Waals surface area contributed by atoms with E-state index in [1.807, 2.05) is 0 Å². The highest BCUT2D eigenvalue weighted by Gasteiger charge is 2.49. The van der Waals surface area contributed by atoms with E-state index in [1.165, 1.54) is 37.4 Å². The van der Waals surface area contributed by atoms with E-state index in [1.54, 1.807) is 36.4 Å². The second-order valence-corrected chi connectivity index (χ2v) is 8.05. The Kier molecular flexibility index (Phi) is 5.30. The fourth-order valence-electron chi connectivity index (χ4n) is 4.11. The molecule has 34 heavy (non-hydrogen) atoms. The lowest BCUT2D eigenvalue weighted by Gasteiger charge is -2.23. The zero-order valence-corrected chi connectivity index (χ0v) is 18.5. The maximum atomic E-state index is 15.0. The lowest BCUT2D eigenvalue weighted by Crippen LogP contribution is -2.30. The highest BCUT2D eigenvalue weighted by Crippen LogP contribution is 2.43. The van der Waals surface area contributed by atoms with Crippen molar-refractivity contribution >= 4 is 46.0 Å². The Balaban J connectivity index is 1.78. The monoisotopic (exact) mass is 477 g/mol. The molecule has 2 heterocycles. The van der Waals surface area contributed by atoms with Crippen LogP contribution in [0, 0.1) is 5.82 Å². The molecule has 1 amide bonds. The number of aliphatic hydroxyl groups excluding tert-OH is 1. The van der Waals surface area contributed by atoms with Gasteiger partial charge in [-0.25, -0.2) is 9.37 Å². The number of ketones is 1. The van der Waals surface area contributed by atoms with Crippen LogP contribution in [-0.2, 0) is 9.59 Å². The van der Waals surface area contributed by atoms with Crippen molar-refractivity contribution in [1.29, 1.82) is 0 Å². The molecule has 1 aliphatic rings. The zero-order valence-electron chi connectivity index (χ0n) is 17.8. The molecule has 5 rings (SSSR count). The fraction of sp³-hybridized carbons (Fsp3) is 0.0800. The van der Waals surface area contributed by atoms with Crippen LogP contribution in [-0.4, -0.2) is 33.9 Å². The number of halogens is 2. The van der Waals surface area contributed by atoms with Crippen LogP contribution in [0.25, 0.3) is 16.8 Å². The minimum atomic E-state index is -1.29. The number of carbonyl (C=O) groups is 2. The van der Waals surface area contributed by atoms with Gasteiger partial charge >= 0.3 is 5.91 Å². The first-order valence-electron chi connectivity index (χ1n) is 10.2. The Morgan fingerprint density at radius 1 is 1.12 bits per heavy atom. The van der Waals surface area contributed by atoms with Gasteiger partial charge in [-0.15, -0.1) is 0 Å². The van der Waals surface area contributed by atoms with Gasteiger partial charge in [-0.3, -0.25) is 14.5 Å². The van der Waals surface area contributed by atoms with Crippen LogP contribution in [0.5, 0.6) is 5.75 Å². The standard InChI is InChI=1S/C25H17ClFN3O4/c1-34-19-11-10-13(26)12-15(19)22(31)20-21(14-6-2-3-7-16(14)27)30(24(33)23(20)32)25-28-17-8-4-5-9-18(17)29-25/h2-12,21,31H,1H3,(H,28,29)/b22-20+. The normalized spacial score (nSPS) is 17.5. The number of hydrogen-bond donors (Lipinski definition) is 2. The van der Waals surface area contributed by atoms with E-state index in [0.717, 1.165) is 4.90 Å². The van der Waals surface area contributed by atoms with Crippen LogP contribution in [0.4, 0.5) is 10.3 Å². The van der Waals surface area contributed by atoms with E-state index in [0.29, 0.717) is 11.0 Å². The van der Waals surface area contributed by atoms with Gasteiger partial charge in [0.05, 0.1) is 29.3 Å². The van der Waals surface area contributed by atoms with Gasteiger partial charge in [-0.05, 0) is 36.4 Å². The van der Waals surface area contributed by atoms with Crippen molar-refractivity contribution in [3.8, 4) is 5.75 Å². The number of ether oxygens (including phenoxy) is 1. The van der Waals surface area contributed by atoms with Gasteiger partial charge in [0.15, 0.2) is 0 Å². The average Bonchev–Trinajstić information content (AvgIpc) is 3.37. The molecule has 2 N–H and O–H groups in total. The van der Waals surface area contributed by atoms with E-state index in [4.69, 9.17) is 16.3 Å². The highest BCUT2D eigenvalue weighted by atomic mass is 35.5. The summed E-state index contributed by atoms with van der Waals surface area (Å²) in [5.74, 6) is -2.87. The van der Waals surface area contributed by atoms with E-state index in [2.05, 4.69) is 9.97 Å². The molecule has 1 fully saturated rings. The Morgan fingerprint density at radius 3 is 2.59 bits per heavy atom. The number of aromatic amines is 1. The van der Waals surface area contributed by atoms with E-state index >= 15 is 4.39 Å². The number of hydrogen-bond acceptors (Lipinski definition) is 5. The number of methoxy groups -OCH3 is 1. The molecular weight excluding hydrogens is 461 g/mol. The number of nitrogens with one attached hydrogen (secondary N) is 1. The summed E-state index contributed by atoms with van der Waals surface area (Å²) in [6, 6.07) is 16.0. The number of fused-ring (bicyclic) bond motifs is 1. The third-order valence-electron chi connectivity index (χ3n) is 5.67. The lowest BCUT2D eigenvalue weighted by molar-refractivity contribution is -0.132. The minimum Gasteiger partial charge on any atom is -0.507 e. The number of anilines is 1. The first-order valence-corrected chi connectivity index (χ1v) is 10.6. The third-order valence-corrected chi connectivity index (χ3v) is 5.90. The van der Waals surface area contributed by atoms with Crippen molar-refractivity contribution in [2.24, 2.45) is 0 Å². The number of rotatable bonds is 4. The number of aliphatic hydroxyl groups is 1. The van der Waals surface area contributed by atoms with E-state index in [-0.39, 0.29) is 33.4 Å².